The lowest BCUT2D eigenvalue weighted by molar-refractivity contribution is 0.0721. The van der Waals surface area contributed by atoms with Gasteiger partial charge in [0.15, 0.2) is 0 Å². The number of rotatable bonds is 7. The van der Waals surface area contributed by atoms with Gasteiger partial charge in [0, 0.05) is 8.07 Å². The Labute approximate surface area is 141 Å². The Morgan fingerprint density at radius 3 is 1.74 bits per heavy atom. The summed E-state index contributed by atoms with van der Waals surface area (Å²) in [7, 11) is -1.03. The Balaban J connectivity index is 2.16. The summed E-state index contributed by atoms with van der Waals surface area (Å²) in [6.07, 6.45) is 6.10. The van der Waals surface area contributed by atoms with Crippen molar-refractivity contribution in [3.8, 4) is 0 Å². The number of aliphatic hydroxyl groups is 1. The van der Waals surface area contributed by atoms with Gasteiger partial charge in [-0.05, 0) is 30.0 Å². The molecule has 0 aliphatic carbocycles. The molecule has 2 aromatic rings. The molecular formula is C21H28OSi. The van der Waals surface area contributed by atoms with E-state index in [1.165, 1.54) is 6.04 Å². The van der Waals surface area contributed by atoms with Crippen molar-refractivity contribution in [2.75, 3.05) is 0 Å². The van der Waals surface area contributed by atoms with Crippen LogP contribution in [0.5, 0.6) is 0 Å². The molecule has 0 aliphatic heterocycles. The zero-order valence-electron chi connectivity index (χ0n) is 14.5. The van der Waals surface area contributed by atoms with E-state index in [-0.39, 0.29) is 0 Å². The second-order valence-corrected chi connectivity index (χ2v) is 12.9. The molecule has 0 amide bonds. The van der Waals surface area contributed by atoms with Crippen LogP contribution in [0.3, 0.4) is 0 Å². The number of allylic oxidation sites excluding steroid dienone is 2. The molecule has 0 atom stereocenters. The second kappa shape index (κ2) is 7.76. The molecule has 0 fully saturated rings. The number of hydrogen-bond acceptors (Lipinski definition) is 1. The smallest absolute Gasteiger partial charge is 0.115 e. The van der Waals surface area contributed by atoms with E-state index in [1.54, 1.807) is 0 Å². The van der Waals surface area contributed by atoms with Crippen LogP contribution in [-0.4, -0.2) is 13.2 Å². The van der Waals surface area contributed by atoms with Gasteiger partial charge >= 0.3 is 0 Å². The zero-order chi connectivity index (χ0) is 16.8. The van der Waals surface area contributed by atoms with Crippen molar-refractivity contribution < 1.29 is 5.11 Å². The minimum Gasteiger partial charge on any atom is -0.380 e. The fraction of sp³-hybridized carbons (Fsp3) is 0.333. The van der Waals surface area contributed by atoms with Gasteiger partial charge in [-0.3, -0.25) is 0 Å². The monoisotopic (exact) mass is 324 g/mol. The fourth-order valence-electron chi connectivity index (χ4n) is 2.73. The highest BCUT2D eigenvalue weighted by molar-refractivity contribution is 6.76. The third-order valence-corrected chi connectivity index (χ3v) is 5.53. The van der Waals surface area contributed by atoms with Crippen molar-refractivity contribution in [2.45, 2.75) is 44.1 Å². The topological polar surface area (TPSA) is 20.2 Å². The van der Waals surface area contributed by atoms with Crippen LogP contribution in [0.25, 0.3) is 0 Å². The van der Waals surface area contributed by atoms with Crippen LogP contribution in [0.15, 0.2) is 72.8 Å². The summed E-state index contributed by atoms with van der Waals surface area (Å²) in [4.78, 5) is 0. The van der Waals surface area contributed by atoms with Crippen LogP contribution >= 0.6 is 0 Å². The number of benzene rings is 2. The lowest BCUT2D eigenvalue weighted by Crippen LogP contribution is -2.27. The van der Waals surface area contributed by atoms with E-state index in [2.05, 4.69) is 31.8 Å². The van der Waals surface area contributed by atoms with E-state index in [4.69, 9.17) is 0 Å². The van der Waals surface area contributed by atoms with Gasteiger partial charge in [-0.2, -0.15) is 0 Å². The predicted molar refractivity (Wildman–Crippen MR) is 102 cm³/mol. The van der Waals surface area contributed by atoms with E-state index in [0.717, 1.165) is 17.5 Å². The highest BCUT2D eigenvalue weighted by atomic mass is 28.3. The van der Waals surface area contributed by atoms with Gasteiger partial charge in [-0.25, -0.2) is 0 Å². The van der Waals surface area contributed by atoms with E-state index in [9.17, 15) is 5.11 Å². The maximum atomic E-state index is 11.4. The minimum absolute atomic E-state index is 0.698. The molecule has 0 radical (unpaired) electrons. The highest BCUT2D eigenvalue weighted by Gasteiger charge is 2.30. The molecule has 0 spiro atoms. The predicted octanol–water partition coefficient (Wildman–Crippen LogP) is 5.60. The molecule has 0 heterocycles. The Morgan fingerprint density at radius 2 is 1.30 bits per heavy atom. The Morgan fingerprint density at radius 1 is 0.826 bits per heavy atom. The maximum Gasteiger partial charge on any atom is 0.115 e. The van der Waals surface area contributed by atoms with Crippen molar-refractivity contribution in [1.82, 2.24) is 0 Å². The molecule has 0 saturated heterocycles. The van der Waals surface area contributed by atoms with E-state index in [1.807, 2.05) is 60.7 Å². The molecule has 2 aromatic carbocycles. The molecule has 1 nitrogen and oxygen atoms in total. The molecule has 122 valence electrons. The fourth-order valence-corrected chi connectivity index (χ4v) is 3.60. The van der Waals surface area contributed by atoms with Crippen molar-refractivity contribution in [1.29, 1.82) is 0 Å². The quantitative estimate of drug-likeness (QED) is 0.519. The molecule has 2 heteroatoms. The first-order chi connectivity index (χ1) is 10.9. The van der Waals surface area contributed by atoms with Gasteiger partial charge in [0.1, 0.15) is 5.60 Å². The zero-order valence-corrected chi connectivity index (χ0v) is 15.5. The molecule has 0 saturated carbocycles. The molecule has 2 rings (SSSR count). The first-order valence-corrected chi connectivity index (χ1v) is 12.1. The Hall–Kier alpha value is -1.64. The molecular weight excluding hydrogens is 296 g/mol. The minimum atomic E-state index is -1.03. The van der Waals surface area contributed by atoms with Gasteiger partial charge in [0.2, 0.25) is 0 Å². The van der Waals surface area contributed by atoms with E-state index < -0.39 is 13.7 Å². The Bertz CT molecular complexity index is 572. The molecule has 1 N–H and O–H groups in total. The average Bonchev–Trinajstić information content (AvgIpc) is 2.55. The molecule has 0 aliphatic rings. The van der Waals surface area contributed by atoms with Gasteiger partial charge in [-0.1, -0.05) is 92.5 Å². The van der Waals surface area contributed by atoms with Crippen LogP contribution in [-0.2, 0) is 5.60 Å². The summed E-state index contributed by atoms with van der Waals surface area (Å²) in [5, 5.41) is 11.4. The normalized spacial score (nSPS) is 12.7. The van der Waals surface area contributed by atoms with E-state index >= 15 is 0 Å². The van der Waals surface area contributed by atoms with Crippen LogP contribution in [0.1, 0.15) is 24.0 Å². The molecule has 23 heavy (non-hydrogen) atoms. The second-order valence-electron chi connectivity index (χ2n) is 7.37. The highest BCUT2D eigenvalue weighted by Crippen LogP contribution is 2.34. The lowest BCUT2D eigenvalue weighted by atomic mass is 9.82. The summed E-state index contributed by atoms with van der Waals surface area (Å²) in [6.45, 7) is 7.13. The molecule has 0 unspecified atom stereocenters. The largest absolute Gasteiger partial charge is 0.380 e. The SMILES string of the molecule is C[Si](C)(C)C/C=C/CCC(O)(c1ccccc1)c1ccccc1. The Kier molecular flexibility index (Phi) is 5.97. The van der Waals surface area contributed by atoms with E-state index in [0.29, 0.717) is 6.42 Å². The van der Waals surface area contributed by atoms with Gasteiger partial charge < -0.3 is 5.11 Å². The first kappa shape index (κ1) is 17.7. The average molecular weight is 325 g/mol. The van der Waals surface area contributed by atoms with Gasteiger partial charge in [0.05, 0.1) is 0 Å². The van der Waals surface area contributed by atoms with Crippen molar-refractivity contribution >= 4 is 8.07 Å². The van der Waals surface area contributed by atoms with Crippen molar-refractivity contribution in [2.24, 2.45) is 0 Å². The summed E-state index contributed by atoms with van der Waals surface area (Å²) >= 11 is 0. The summed E-state index contributed by atoms with van der Waals surface area (Å²) in [6, 6.07) is 21.2. The van der Waals surface area contributed by atoms with Crippen molar-refractivity contribution in [3.63, 3.8) is 0 Å². The first-order valence-electron chi connectivity index (χ1n) is 8.40. The van der Waals surface area contributed by atoms with Gasteiger partial charge in [0.25, 0.3) is 0 Å². The summed E-state index contributed by atoms with van der Waals surface area (Å²) in [5.41, 5.74) is 1.00. The van der Waals surface area contributed by atoms with Crippen molar-refractivity contribution in [3.05, 3.63) is 83.9 Å². The van der Waals surface area contributed by atoms with Crippen LogP contribution in [0.2, 0.25) is 25.7 Å². The third-order valence-electron chi connectivity index (χ3n) is 4.07. The van der Waals surface area contributed by atoms with Crippen LogP contribution in [0, 0.1) is 0 Å². The summed E-state index contributed by atoms with van der Waals surface area (Å²) < 4.78 is 0. The standard InChI is InChI=1S/C21H28OSi/c1-23(2,3)18-12-6-11-17-21(22,19-13-7-4-8-14-19)20-15-9-5-10-16-20/h4-10,12-16,22H,11,17-18H2,1-3H3/b12-6+. The van der Waals surface area contributed by atoms with Crippen LogP contribution in [0.4, 0.5) is 0 Å². The molecule has 0 aromatic heterocycles. The maximum absolute atomic E-state index is 11.4. The third kappa shape index (κ3) is 5.19. The van der Waals surface area contributed by atoms with Crippen LogP contribution < -0.4 is 0 Å². The molecule has 0 bridgehead atoms. The van der Waals surface area contributed by atoms with Gasteiger partial charge in [-0.15, -0.1) is 0 Å². The number of hydrogen-bond donors (Lipinski definition) is 1. The summed E-state index contributed by atoms with van der Waals surface area (Å²) in [5.74, 6) is 0. The lowest BCUT2D eigenvalue weighted by Gasteiger charge is -2.29.